The van der Waals surface area contributed by atoms with Gasteiger partial charge < -0.3 is 15.4 Å². The van der Waals surface area contributed by atoms with Gasteiger partial charge in [0.05, 0.1) is 23.4 Å². The zero-order chi connectivity index (χ0) is 15.1. The van der Waals surface area contributed by atoms with Gasteiger partial charge in [-0.3, -0.25) is 0 Å². The first kappa shape index (κ1) is 16.2. The third-order valence-corrected chi connectivity index (χ3v) is 4.61. The van der Waals surface area contributed by atoms with Gasteiger partial charge in [-0.2, -0.15) is 0 Å². The minimum absolute atomic E-state index is 0.121. The average molecular weight is 311 g/mol. The van der Waals surface area contributed by atoms with Gasteiger partial charge in [-0.05, 0) is 46.0 Å². The fraction of sp³-hybridized carbons (Fsp3) is 0.733. The predicted octanol–water partition coefficient (Wildman–Crippen LogP) is 2.91. The highest BCUT2D eigenvalue weighted by Crippen LogP contribution is 2.17. The zero-order valence-electron chi connectivity index (χ0n) is 12.9. The summed E-state index contributed by atoms with van der Waals surface area (Å²) in [7, 11) is 0. The van der Waals surface area contributed by atoms with Crippen molar-refractivity contribution in [3.05, 3.63) is 15.6 Å². The zero-order valence-corrected chi connectivity index (χ0v) is 13.7. The summed E-state index contributed by atoms with van der Waals surface area (Å²) in [5.41, 5.74) is 0.961. The second-order valence-electron chi connectivity index (χ2n) is 5.48. The van der Waals surface area contributed by atoms with Gasteiger partial charge in [0.25, 0.3) is 0 Å². The minimum atomic E-state index is -0.121. The molecule has 1 atom stereocenters. The lowest BCUT2D eigenvalue weighted by molar-refractivity contribution is 0.0103. The molecular formula is C15H25N3O2S. The van der Waals surface area contributed by atoms with E-state index in [0.29, 0.717) is 19.2 Å². The highest BCUT2D eigenvalue weighted by Gasteiger charge is 2.13. The summed E-state index contributed by atoms with van der Waals surface area (Å²) in [6, 6.07) is -0.121. The maximum atomic E-state index is 11.7. The Hall–Kier alpha value is -1.14. The van der Waals surface area contributed by atoms with Gasteiger partial charge >= 0.3 is 6.03 Å². The van der Waals surface area contributed by atoms with Crippen molar-refractivity contribution in [3.8, 4) is 0 Å². The van der Waals surface area contributed by atoms with E-state index in [1.54, 1.807) is 11.3 Å². The number of aryl methyl sites for hydroxylation is 2. The Morgan fingerprint density at radius 2 is 2.24 bits per heavy atom. The smallest absolute Gasteiger partial charge is 0.315 e. The molecule has 118 valence electrons. The van der Waals surface area contributed by atoms with Crippen LogP contribution in [0.2, 0.25) is 0 Å². The van der Waals surface area contributed by atoms with Gasteiger partial charge in [-0.1, -0.05) is 0 Å². The number of amides is 2. The molecule has 2 amide bonds. The number of ether oxygens (including phenoxy) is 1. The van der Waals surface area contributed by atoms with Crippen molar-refractivity contribution >= 4 is 17.4 Å². The van der Waals surface area contributed by atoms with Crippen LogP contribution in [0.5, 0.6) is 0 Å². The molecule has 6 heteroatoms. The molecule has 0 spiro atoms. The second kappa shape index (κ2) is 8.34. The van der Waals surface area contributed by atoms with E-state index >= 15 is 0 Å². The van der Waals surface area contributed by atoms with Crippen LogP contribution in [0.1, 0.15) is 47.7 Å². The third kappa shape index (κ3) is 5.63. The Kier molecular flexibility index (Phi) is 6.45. The molecule has 21 heavy (non-hydrogen) atoms. The Labute approximate surface area is 130 Å². The van der Waals surface area contributed by atoms with Crippen LogP contribution in [0.4, 0.5) is 4.79 Å². The van der Waals surface area contributed by atoms with Crippen molar-refractivity contribution in [2.45, 2.75) is 58.6 Å². The molecule has 0 aromatic carbocycles. The molecule has 2 rings (SSSR count). The number of hydrogen-bond donors (Lipinski definition) is 2. The number of aromatic nitrogens is 1. The normalized spacial score (nSPS) is 18.5. The van der Waals surface area contributed by atoms with Crippen LogP contribution in [-0.4, -0.2) is 30.3 Å². The molecule has 2 heterocycles. The monoisotopic (exact) mass is 311 g/mol. The van der Waals surface area contributed by atoms with Crippen molar-refractivity contribution < 1.29 is 9.53 Å². The summed E-state index contributed by atoms with van der Waals surface area (Å²) in [5, 5.41) is 6.78. The van der Waals surface area contributed by atoms with E-state index in [4.69, 9.17) is 4.74 Å². The Morgan fingerprint density at radius 1 is 1.38 bits per heavy atom. The standard InChI is InChI=1S/C15H25N3O2S/c1-11-14(18-12(2)21-11)10-17-15(19)16-8-5-7-13-6-3-4-9-20-13/h13H,3-10H2,1-2H3,(H2,16,17,19)/t13-/m0/s1. The van der Waals surface area contributed by atoms with Crippen LogP contribution in [0.15, 0.2) is 0 Å². The van der Waals surface area contributed by atoms with Crippen LogP contribution in [0, 0.1) is 13.8 Å². The van der Waals surface area contributed by atoms with Crippen molar-refractivity contribution in [3.63, 3.8) is 0 Å². The van der Waals surface area contributed by atoms with Crippen LogP contribution >= 0.6 is 11.3 Å². The first-order chi connectivity index (χ1) is 10.1. The second-order valence-corrected chi connectivity index (χ2v) is 6.88. The molecule has 0 radical (unpaired) electrons. The summed E-state index contributed by atoms with van der Waals surface area (Å²) < 4.78 is 5.67. The van der Waals surface area contributed by atoms with Crippen LogP contribution < -0.4 is 10.6 Å². The summed E-state index contributed by atoms with van der Waals surface area (Å²) in [6.45, 7) is 6.10. The van der Waals surface area contributed by atoms with Crippen LogP contribution in [-0.2, 0) is 11.3 Å². The molecule has 0 unspecified atom stereocenters. The largest absolute Gasteiger partial charge is 0.378 e. The highest BCUT2D eigenvalue weighted by molar-refractivity contribution is 7.11. The lowest BCUT2D eigenvalue weighted by atomic mass is 10.0. The maximum Gasteiger partial charge on any atom is 0.315 e. The molecule has 0 bridgehead atoms. The molecule has 1 aromatic heterocycles. The van der Waals surface area contributed by atoms with Crippen molar-refractivity contribution in [1.82, 2.24) is 15.6 Å². The van der Waals surface area contributed by atoms with Gasteiger partial charge in [0, 0.05) is 18.0 Å². The molecule has 5 nitrogen and oxygen atoms in total. The summed E-state index contributed by atoms with van der Waals surface area (Å²) in [5.74, 6) is 0. The van der Waals surface area contributed by atoms with Gasteiger partial charge in [0.1, 0.15) is 0 Å². The number of hydrogen-bond acceptors (Lipinski definition) is 4. The van der Waals surface area contributed by atoms with E-state index in [1.807, 2.05) is 13.8 Å². The van der Waals surface area contributed by atoms with Crippen molar-refractivity contribution in [2.24, 2.45) is 0 Å². The summed E-state index contributed by atoms with van der Waals surface area (Å²) >= 11 is 1.66. The molecular weight excluding hydrogens is 286 g/mol. The summed E-state index contributed by atoms with van der Waals surface area (Å²) in [6.07, 6.45) is 6.01. The topological polar surface area (TPSA) is 63.2 Å². The molecule has 0 aliphatic carbocycles. The average Bonchev–Trinajstić information content (AvgIpc) is 2.80. The number of carbonyl (C=O) groups is 1. The van der Waals surface area contributed by atoms with Crippen molar-refractivity contribution in [2.75, 3.05) is 13.2 Å². The molecule has 0 saturated carbocycles. The third-order valence-electron chi connectivity index (χ3n) is 3.68. The first-order valence-electron chi connectivity index (χ1n) is 7.71. The van der Waals surface area contributed by atoms with Crippen LogP contribution in [0.25, 0.3) is 0 Å². The number of urea groups is 1. The first-order valence-corrected chi connectivity index (χ1v) is 8.53. The van der Waals surface area contributed by atoms with E-state index in [-0.39, 0.29) is 6.03 Å². The van der Waals surface area contributed by atoms with E-state index in [1.165, 1.54) is 17.7 Å². The van der Waals surface area contributed by atoms with E-state index in [2.05, 4.69) is 15.6 Å². The Morgan fingerprint density at radius 3 is 2.90 bits per heavy atom. The lowest BCUT2D eigenvalue weighted by Gasteiger charge is -2.22. The summed E-state index contributed by atoms with van der Waals surface area (Å²) in [4.78, 5) is 17.3. The van der Waals surface area contributed by atoms with Gasteiger partial charge in [0.15, 0.2) is 0 Å². The van der Waals surface area contributed by atoms with Crippen molar-refractivity contribution in [1.29, 1.82) is 0 Å². The fourth-order valence-corrected chi connectivity index (χ4v) is 3.36. The van der Waals surface area contributed by atoms with E-state index in [9.17, 15) is 4.79 Å². The number of rotatable bonds is 6. The Bertz CT molecular complexity index is 456. The van der Waals surface area contributed by atoms with Gasteiger partial charge in [0.2, 0.25) is 0 Å². The fourth-order valence-electron chi connectivity index (χ4n) is 2.53. The number of nitrogens with zero attached hydrogens (tertiary/aromatic N) is 1. The number of carbonyl (C=O) groups excluding carboxylic acids is 1. The minimum Gasteiger partial charge on any atom is -0.378 e. The van der Waals surface area contributed by atoms with E-state index in [0.717, 1.165) is 36.6 Å². The van der Waals surface area contributed by atoms with Gasteiger partial charge in [-0.25, -0.2) is 9.78 Å². The number of nitrogens with one attached hydrogen (secondary N) is 2. The maximum absolute atomic E-state index is 11.7. The molecule has 1 aliphatic rings. The quantitative estimate of drug-likeness (QED) is 0.794. The predicted molar refractivity (Wildman–Crippen MR) is 84.7 cm³/mol. The molecule has 2 N–H and O–H groups in total. The lowest BCUT2D eigenvalue weighted by Crippen LogP contribution is -2.36. The Balaban J connectivity index is 1.56. The number of thiazole rings is 1. The SMILES string of the molecule is Cc1nc(CNC(=O)NCCC[C@@H]2CCCCO2)c(C)s1. The molecule has 1 aromatic rings. The molecule has 1 fully saturated rings. The molecule has 1 saturated heterocycles. The van der Waals surface area contributed by atoms with Gasteiger partial charge in [-0.15, -0.1) is 11.3 Å². The highest BCUT2D eigenvalue weighted by atomic mass is 32.1. The molecule has 1 aliphatic heterocycles. The van der Waals surface area contributed by atoms with E-state index < -0.39 is 0 Å². The van der Waals surface area contributed by atoms with Crippen LogP contribution in [0.3, 0.4) is 0 Å².